The van der Waals surface area contributed by atoms with Crippen molar-refractivity contribution in [1.29, 1.82) is 0 Å². The van der Waals surface area contributed by atoms with E-state index in [2.05, 4.69) is 0 Å². The molecule has 1 aliphatic carbocycles. The van der Waals surface area contributed by atoms with Crippen LogP contribution in [0.25, 0.3) is 0 Å². The summed E-state index contributed by atoms with van der Waals surface area (Å²) in [5, 5.41) is 0. The van der Waals surface area contributed by atoms with Crippen molar-refractivity contribution in [3.8, 4) is 0 Å². The summed E-state index contributed by atoms with van der Waals surface area (Å²) in [7, 11) is 0. The molecular formula is C7H12N2O. The summed E-state index contributed by atoms with van der Waals surface area (Å²) in [5.74, 6) is 1.45. The average Bonchev–Trinajstić information content (AvgIpc) is 2.38. The Balaban J connectivity index is 1.95. The van der Waals surface area contributed by atoms with E-state index in [1.54, 1.807) is 6.92 Å². The summed E-state index contributed by atoms with van der Waals surface area (Å²) >= 11 is 0. The molecule has 0 bridgehead atoms. The van der Waals surface area contributed by atoms with Crippen molar-refractivity contribution in [3.05, 3.63) is 0 Å². The molecule has 56 valence electrons. The van der Waals surface area contributed by atoms with E-state index in [0.29, 0.717) is 17.9 Å². The first kappa shape index (κ1) is 6.16. The van der Waals surface area contributed by atoms with Gasteiger partial charge >= 0.3 is 0 Å². The van der Waals surface area contributed by atoms with Crippen LogP contribution in [0.2, 0.25) is 0 Å². The summed E-state index contributed by atoms with van der Waals surface area (Å²) in [6.45, 7) is 3.43. The van der Waals surface area contributed by atoms with Gasteiger partial charge in [-0.3, -0.25) is 4.79 Å². The van der Waals surface area contributed by atoms with Crippen LogP contribution >= 0.6 is 0 Å². The van der Waals surface area contributed by atoms with Gasteiger partial charge in [0.15, 0.2) is 0 Å². The highest BCUT2D eigenvalue weighted by molar-refractivity contribution is 5.73. The normalized spacial score (nSPS) is 43.4. The van der Waals surface area contributed by atoms with Gasteiger partial charge in [0.25, 0.3) is 0 Å². The fourth-order valence-corrected chi connectivity index (χ4v) is 1.83. The van der Waals surface area contributed by atoms with E-state index in [4.69, 9.17) is 5.73 Å². The molecule has 1 saturated carbocycles. The minimum Gasteiger partial charge on any atom is -0.342 e. The minimum absolute atomic E-state index is 0.194. The van der Waals surface area contributed by atoms with Crippen molar-refractivity contribution < 1.29 is 4.79 Å². The molecule has 10 heavy (non-hydrogen) atoms. The van der Waals surface area contributed by atoms with Crippen LogP contribution in [-0.2, 0) is 4.79 Å². The number of piperidine rings is 1. The van der Waals surface area contributed by atoms with Crippen molar-refractivity contribution in [2.75, 3.05) is 13.1 Å². The molecule has 2 N–H and O–H groups in total. The summed E-state index contributed by atoms with van der Waals surface area (Å²) < 4.78 is 0. The highest BCUT2D eigenvalue weighted by Gasteiger charge is 2.54. The van der Waals surface area contributed by atoms with Crippen molar-refractivity contribution in [2.45, 2.75) is 13.0 Å². The van der Waals surface area contributed by atoms with Crippen LogP contribution in [0.3, 0.4) is 0 Å². The molecule has 1 aliphatic heterocycles. The van der Waals surface area contributed by atoms with Crippen LogP contribution in [0, 0.1) is 11.8 Å². The lowest BCUT2D eigenvalue weighted by Crippen LogP contribution is -2.31. The van der Waals surface area contributed by atoms with Crippen LogP contribution in [0.1, 0.15) is 6.92 Å². The van der Waals surface area contributed by atoms with E-state index in [1.165, 1.54) is 0 Å². The number of carbonyl (C=O) groups is 1. The first-order valence-corrected chi connectivity index (χ1v) is 3.71. The Morgan fingerprint density at radius 3 is 2.40 bits per heavy atom. The predicted octanol–water partition coefficient (Wildman–Crippen LogP) is -0.578. The molecule has 0 unspecified atom stereocenters. The quantitative estimate of drug-likeness (QED) is 0.489. The maximum atomic E-state index is 10.8. The zero-order valence-corrected chi connectivity index (χ0v) is 6.08. The van der Waals surface area contributed by atoms with Crippen molar-refractivity contribution in [2.24, 2.45) is 17.6 Å². The molecular weight excluding hydrogens is 128 g/mol. The number of carbonyl (C=O) groups excluding carboxylic acids is 1. The van der Waals surface area contributed by atoms with E-state index in [-0.39, 0.29) is 5.91 Å². The molecule has 0 aromatic heterocycles. The largest absolute Gasteiger partial charge is 0.342 e. The van der Waals surface area contributed by atoms with Gasteiger partial charge in [0, 0.05) is 26.1 Å². The van der Waals surface area contributed by atoms with Crippen molar-refractivity contribution >= 4 is 5.91 Å². The Morgan fingerprint density at radius 1 is 1.50 bits per heavy atom. The van der Waals surface area contributed by atoms with Crippen molar-refractivity contribution in [3.63, 3.8) is 0 Å². The van der Waals surface area contributed by atoms with E-state index in [1.807, 2.05) is 4.90 Å². The number of fused-ring (bicyclic) bond motifs is 1. The smallest absolute Gasteiger partial charge is 0.219 e. The van der Waals surface area contributed by atoms with Gasteiger partial charge in [0.05, 0.1) is 0 Å². The molecule has 2 aliphatic rings. The second-order valence-corrected chi connectivity index (χ2v) is 3.33. The molecule has 2 atom stereocenters. The molecule has 0 aromatic carbocycles. The topological polar surface area (TPSA) is 46.3 Å². The second kappa shape index (κ2) is 1.72. The van der Waals surface area contributed by atoms with Gasteiger partial charge in [-0.25, -0.2) is 0 Å². The summed E-state index contributed by atoms with van der Waals surface area (Å²) in [6, 6.07) is 0.399. The lowest BCUT2D eigenvalue weighted by molar-refractivity contribution is -0.128. The third kappa shape index (κ3) is 0.669. The van der Waals surface area contributed by atoms with Gasteiger partial charge < -0.3 is 10.6 Å². The molecule has 0 aromatic rings. The molecule has 0 radical (unpaired) electrons. The van der Waals surface area contributed by atoms with E-state index < -0.39 is 0 Å². The third-order valence-corrected chi connectivity index (χ3v) is 2.71. The Morgan fingerprint density at radius 2 is 2.00 bits per heavy atom. The number of nitrogens with zero attached hydrogens (tertiary/aromatic N) is 1. The number of hydrogen-bond donors (Lipinski definition) is 1. The van der Waals surface area contributed by atoms with Gasteiger partial charge in [-0.2, -0.15) is 0 Å². The fraction of sp³-hybridized carbons (Fsp3) is 0.857. The van der Waals surface area contributed by atoms with Crippen LogP contribution in [-0.4, -0.2) is 29.9 Å². The summed E-state index contributed by atoms with van der Waals surface area (Å²) in [6.07, 6.45) is 0. The van der Waals surface area contributed by atoms with Gasteiger partial charge in [-0.15, -0.1) is 0 Å². The van der Waals surface area contributed by atoms with Crippen LogP contribution in [0.5, 0.6) is 0 Å². The average molecular weight is 140 g/mol. The zero-order valence-electron chi connectivity index (χ0n) is 6.08. The Hall–Kier alpha value is -0.570. The molecule has 1 heterocycles. The van der Waals surface area contributed by atoms with E-state index in [0.717, 1.165) is 13.1 Å². The lowest BCUT2D eigenvalue weighted by Gasteiger charge is -2.15. The SMILES string of the molecule is CC(=O)N1C[C@@H]2C(N)[C@H]2C1. The number of hydrogen-bond acceptors (Lipinski definition) is 2. The highest BCUT2D eigenvalue weighted by atomic mass is 16.2. The molecule has 3 nitrogen and oxygen atoms in total. The maximum Gasteiger partial charge on any atom is 0.219 e. The Bertz CT molecular complexity index is 168. The van der Waals surface area contributed by atoms with Crippen LogP contribution < -0.4 is 5.73 Å². The maximum absolute atomic E-state index is 10.8. The lowest BCUT2D eigenvalue weighted by atomic mass is 10.4. The van der Waals surface area contributed by atoms with Gasteiger partial charge in [0.1, 0.15) is 0 Å². The first-order valence-electron chi connectivity index (χ1n) is 3.71. The summed E-state index contributed by atoms with van der Waals surface area (Å²) in [4.78, 5) is 12.7. The molecule has 3 heteroatoms. The molecule has 1 amide bonds. The monoisotopic (exact) mass is 140 g/mol. The van der Waals surface area contributed by atoms with E-state index in [9.17, 15) is 4.79 Å². The van der Waals surface area contributed by atoms with Gasteiger partial charge in [0.2, 0.25) is 5.91 Å². The third-order valence-electron chi connectivity index (χ3n) is 2.71. The predicted molar refractivity (Wildman–Crippen MR) is 37.2 cm³/mol. The van der Waals surface area contributed by atoms with Gasteiger partial charge in [-0.05, 0) is 11.8 Å². The Kier molecular flexibility index (Phi) is 1.06. The second-order valence-electron chi connectivity index (χ2n) is 3.33. The molecule has 2 rings (SSSR count). The number of nitrogens with two attached hydrogens (primary N) is 1. The van der Waals surface area contributed by atoms with Crippen LogP contribution in [0.15, 0.2) is 0 Å². The minimum atomic E-state index is 0.194. The fourth-order valence-electron chi connectivity index (χ4n) is 1.83. The van der Waals surface area contributed by atoms with Crippen molar-refractivity contribution in [1.82, 2.24) is 4.90 Å². The number of likely N-dealkylation sites (tertiary alicyclic amines) is 1. The standard InChI is InChI=1S/C7H12N2O/c1-4(10)9-2-5-6(3-9)7(5)8/h5-7H,2-3,8H2,1H3/t5-,6-/m0/s1. The number of rotatable bonds is 0. The van der Waals surface area contributed by atoms with Gasteiger partial charge in [-0.1, -0.05) is 0 Å². The first-order chi connectivity index (χ1) is 4.70. The molecule has 1 saturated heterocycles. The Labute approximate surface area is 60.2 Å². The molecule has 0 spiro atoms. The molecule has 2 fully saturated rings. The number of amides is 1. The van der Waals surface area contributed by atoms with Crippen LogP contribution in [0.4, 0.5) is 0 Å². The zero-order chi connectivity index (χ0) is 7.30. The summed E-state index contributed by atoms with van der Waals surface area (Å²) in [5.41, 5.74) is 5.70. The highest BCUT2D eigenvalue weighted by Crippen LogP contribution is 2.43. The van der Waals surface area contributed by atoms with E-state index >= 15 is 0 Å².